The normalized spacial score (nSPS) is 19.5. The molecule has 1 atom stereocenters. The van der Waals surface area contributed by atoms with E-state index in [1.54, 1.807) is 11.0 Å². The molecule has 1 aromatic carbocycles. The molecule has 2 aliphatic carbocycles. The Balaban J connectivity index is 2.11. The van der Waals surface area contributed by atoms with E-state index in [4.69, 9.17) is 24.4 Å². The summed E-state index contributed by atoms with van der Waals surface area (Å²) in [7, 11) is 0. The van der Waals surface area contributed by atoms with Crippen molar-refractivity contribution in [3.8, 4) is 0 Å². The minimum Gasteiger partial charge on any atom is -0.276 e. The lowest BCUT2D eigenvalue weighted by atomic mass is 10.0. The van der Waals surface area contributed by atoms with Crippen LogP contribution in [-0.4, -0.2) is 20.5 Å². The van der Waals surface area contributed by atoms with Gasteiger partial charge in [-0.15, -0.1) is 0 Å². The highest BCUT2D eigenvalue weighted by atomic mass is 79.9. The Hall–Kier alpha value is -1.21. The van der Waals surface area contributed by atoms with E-state index < -0.39 is 0 Å². The predicted molar refractivity (Wildman–Crippen MR) is 119 cm³/mol. The summed E-state index contributed by atoms with van der Waals surface area (Å²) >= 11 is 18.0. The summed E-state index contributed by atoms with van der Waals surface area (Å²) < 4.78 is 0.885. The van der Waals surface area contributed by atoms with Crippen LogP contribution in [0.15, 0.2) is 76.5 Å². The molecule has 3 rings (SSSR count). The van der Waals surface area contributed by atoms with Crippen molar-refractivity contribution in [1.82, 2.24) is 0 Å². The van der Waals surface area contributed by atoms with Gasteiger partial charge < -0.3 is 0 Å². The summed E-state index contributed by atoms with van der Waals surface area (Å²) in [6, 6.07) is 7.59. The molecule has 1 aromatic rings. The number of halogens is 2. The Kier molecular flexibility index (Phi) is 5.94. The van der Waals surface area contributed by atoms with Crippen molar-refractivity contribution in [2.75, 3.05) is 4.90 Å². The van der Waals surface area contributed by atoms with E-state index in [9.17, 15) is 4.79 Å². The standard InChI is InChI=1S/C19H13Br2NOS2/c20-12-5-3-6-13(11-12)22(16-9-4-8-15(21)18(16)25)19(23)14-7-1-2-10-17(14)24/h1-9,11,15H,10H2. The smallest absolute Gasteiger partial charge is 0.264 e. The van der Waals surface area contributed by atoms with Crippen molar-refractivity contribution >= 4 is 77.6 Å². The Morgan fingerprint density at radius 1 is 1.20 bits per heavy atom. The first-order valence-electron chi connectivity index (χ1n) is 7.56. The van der Waals surface area contributed by atoms with E-state index in [1.807, 2.05) is 54.6 Å². The van der Waals surface area contributed by atoms with Crippen LogP contribution in [-0.2, 0) is 4.79 Å². The summed E-state index contributed by atoms with van der Waals surface area (Å²) in [6.07, 6.45) is 11.9. The number of amides is 1. The Labute approximate surface area is 174 Å². The molecule has 0 heterocycles. The van der Waals surface area contributed by atoms with Crippen LogP contribution in [0.2, 0.25) is 0 Å². The highest BCUT2D eigenvalue weighted by Crippen LogP contribution is 2.30. The number of thiocarbonyl (C=S) groups is 2. The van der Waals surface area contributed by atoms with Gasteiger partial charge >= 0.3 is 0 Å². The summed E-state index contributed by atoms with van der Waals surface area (Å²) in [5.41, 5.74) is 1.95. The van der Waals surface area contributed by atoms with Crippen LogP contribution >= 0.6 is 56.3 Å². The second-order valence-electron chi connectivity index (χ2n) is 5.46. The highest BCUT2D eigenvalue weighted by Gasteiger charge is 2.30. The fraction of sp³-hybridized carbons (Fsp3) is 0.105. The summed E-state index contributed by atoms with van der Waals surface area (Å²) in [5, 5.41) is 0. The van der Waals surface area contributed by atoms with Gasteiger partial charge in [-0.05, 0) is 30.4 Å². The minimum atomic E-state index is -0.170. The quantitative estimate of drug-likeness (QED) is 0.401. The third kappa shape index (κ3) is 3.97. The molecule has 1 unspecified atom stereocenters. The molecular formula is C19H13Br2NOS2. The number of allylic oxidation sites excluding steroid dienone is 7. The molecule has 0 aliphatic heterocycles. The lowest BCUT2D eigenvalue weighted by Crippen LogP contribution is -2.38. The second kappa shape index (κ2) is 7.99. The van der Waals surface area contributed by atoms with Gasteiger partial charge in [0, 0.05) is 15.8 Å². The van der Waals surface area contributed by atoms with Crippen LogP contribution in [0.4, 0.5) is 5.69 Å². The number of carbonyl (C=O) groups excluding carboxylic acids is 1. The first kappa shape index (κ1) is 18.6. The number of anilines is 1. The van der Waals surface area contributed by atoms with Crippen LogP contribution in [0, 0.1) is 0 Å². The van der Waals surface area contributed by atoms with Gasteiger partial charge in [-0.3, -0.25) is 9.69 Å². The van der Waals surface area contributed by atoms with Gasteiger partial charge in [0.05, 0.1) is 26.6 Å². The molecule has 2 nitrogen and oxygen atoms in total. The maximum Gasteiger partial charge on any atom is 0.264 e. The Morgan fingerprint density at radius 3 is 2.72 bits per heavy atom. The Bertz CT molecular complexity index is 883. The SMILES string of the molecule is O=C(C1=CC=CCC1=S)N(C1=CC=CC(Br)C1=S)c1cccc(Br)c1. The molecule has 0 spiro atoms. The molecule has 0 bridgehead atoms. The average molecular weight is 495 g/mol. The molecule has 126 valence electrons. The molecular weight excluding hydrogens is 482 g/mol. The van der Waals surface area contributed by atoms with Crippen molar-refractivity contribution in [1.29, 1.82) is 0 Å². The number of hydrogen-bond acceptors (Lipinski definition) is 3. The monoisotopic (exact) mass is 493 g/mol. The largest absolute Gasteiger partial charge is 0.276 e. The molecule has 0 N–H and O–H groups in total. The molecule has 2 aliphatic rings. The third-order valence-electron chi connectivity index (χ3n) is 3.78. The van der Waals surface area contributed by atoms with Gasteiger partial charge in [-0.2, -0.15) is 0 Å². The first-order chi connectivity index (χ1) is 12.0. The predicted octanol–water partition coefficient (Wildman–Crippen LogP) is 5.63. The summed E-state index contributed by atoms with van der Waals surface area (Å²) in [5.74, 6) is -0.170. The zero-order valence-electron chi connectivity index (χ0n) is 13.0. The van der Waals surface area contributed by atoms with Gasteiger partial charge in [0.2, 0.25) is 0 Å². The van der Waals surface area contributed by atoms with Crippen LogP contribution < -0.4 is 4.90 Å². The van der Waals surface area contributed by atoms with E-state index >= 15 is 0 Å². The van der Waals surface area contributed by atoms with Gasteiger partial charge in [0.1, 0.15) is 0 Å². The minimum absolute atomic E-state index is 0.0860. The van der Waals surface area contributed by atoms with Crippen LogP contribution in [0.5, 0.6) is 0 Å². The zero-order valence-corrected chi connectivity index (χ0v) is 17.8. The topological polar surface area (TPSA) is 20.3 Å². The summed E-state index contributed by atoms with van der Waals surface area (Å²) in [6.45, 7) is 0. The van der Waals surface area contributed by atoms with E-state index in [0.29, 0.717) is 27.4 Å². The lowest BCUT2D eigenvalue weighted by molar-refractivity contribution is -0.114. The van der Waals surface area contributed by atoms with Crippen molar-refractivity contribution in [3.63, 3.8) is 0 Å². The van der Waals surface area contributed by atoms with Crippen LogP contribution in [0.25, 0.3) is 0 Å². The average Bonchev–Trinajstić information content (AvgIpc) is 2.59. The number of alkyl halides is 1. The van der Waals surface area contributed by atoms with E-state index in [0.717, 1.165) is 10.2 Å². The van der Waals surface area contributed by atoms with Crippen LogP contribution in [0.1, 0.15) is 6.42 Å². The molecule has 1 amide bonds. The van der Waals surface area contributed by atoms with Gasteiger partial charge in [-0.25, -0.2) is 0 Å². The van der Waals surface area contributed by atoms with E-state index in [1.165, 1.54) is 0 Å². The lowest BCUT2D eigenvalue weighted by Gasteiger charge is -2.30. The van der Waals surface area contributed by atoms with Crippen molar-refractivity contribution in [2.24, 2.45) is 0 Å². The molecule has 0 fully saturated rings. The maximum atomic E-state index is 13.4. The highest BCUT2D eigenvalue weighted by molar-refractivity contribution is 9.10. The fourth-order valence-electron chi connectivity index (χ4n) is 2.57. The molecule has 0 saturated carbocycles. The number of carbonyl (C=O) groups is 1. The maximum absolute atomic E-state index is 13.4. The van der Waals surface area contributed by atoms with Gasteiger partial charge in [-0.1, -0.05) is 86.7 Å². The number of hydrogen-bond donors (Lipinski definition) is 0. The molecule has 0 radical (unpaired) electrons. The number of rotatable bonds is 3. The Morgan fingerprint density at radius 2 is 2.00 bits per heavy atom. The molecule has 0 saturated heterocycles. The van der Waals surface area contributed by atoms with Gasteiger partial charge in [0.15, 0.2) is 0 Å². The summed E-state index contributed by atoms with van der Waals surface area (Å²) in [4.78, 5) is 16.2. The van der Waals surface area contributed by atoms with Crippen molar-refractivity contribution < 1.29 is 4.79 Å². The zero-order chi connectivity index (χ0) is 18.0. The second-order valence-corrected chi connectivity index (χ2v) is 8.29. The number of nitrogens with zero attached hydrogens (tertiary/aromatic N) is 1. The van der Waals surface area contributed by atoms with Crippen LogP contribution in [0.3, 0.4) is 0 Å². The third-order valence-corrected chi connectivity index (χ3v) is 6.19. The molecule has 0 aromatic heterocycles. The van der Waals surface area contributed by atoms with E-state index in [-0.39, 0.29) is 10.7 Å². The van der Waals surface area contributed by atoms with Crippen molar-refractivity contribution in [3.05, 3.63) is 76.5 Å². The molecule has 25 heavy (non-hydrogen) atoms. The van der Waals surface area contributed by atoms with Crippen molar-refractivity contribution in [2.45, 2.75) is 11.2 Å². The first-order valence-corrected chi connectivity index (χ1v) is 10.1. The fourth-order valence-corrected chi connectivity index (χ4v) is 3.86. The van der Waals surface area contributed by atoms with Gasteiger partial charge in [0.25, 0.3) is 5.91 Å². The van der Waals surface area contributed by atoms with E-state index in [2.05, 4.69) is 31.9 Å². The number of benzene rings is 1. The molecule has 6 heteroatoms.